The molecule has 24 heavy (non-hydrogen) atoms. The van der Waals surface area contributed by atoms with Gasteiger partial charge in [-0.25, -0.2) is 0 Å². The van der Waals surface area contributed by atoms with E-state index in [1.165, 1.54) is 12.3 Å². The molecule has 0 radical (unpaired) electrons. The van der Waals surface area contributed by atoms with Gasteiger partial charge in [-0.1, -0.05) is 0 Å². The van der Waals surface area contributed by atoms with Crippen LogP contribution in [0.3, 0.4) is 0 Å². The molecule has 2 saturated heterocycles. The number of aromatic amines is 1. The van der Waals surface area contributed by atoms with E-state index in [9.17, 15) is 9.59 Å². The molecule has 2 aliphatic heterocycles. The van der Waals surface area contributed by atoms with Gasteiger partial charge in [0.1, 0.15) is 0 Å². The van der Waals surface area contributed by atoms with Gasteiger partial charge in [-0.05, 0) is 38.8 Å². The van der Waals surface area contributed by atoms with Crippen molar-refractivity contribution in [1.82, 2.24) is 19.7 Å². The number of aromatic nitrogens is 1. The fourth-order valence-corrected chi connectivity index (χ4v) is 3.84. The lowest BCUT2D eigenvalue weighted by Crippen LogP contribution is -2.52. The van der Waals surface area contributed by atoms with Crippen LogP contribution in [0, 0.1) is 5.92 Å². The van der Waals surface area contributed by atoms with Gasteiger partial charge in [-0.3, -0.25) is 14.5 Å². The van der Waals surface area contributed by atoms with Gasteiger partial charge in [0.15, 0.2) is 0 Å². The molecule has 1 aromatic rings. The molecule has 1 amide bonds. The van der Waals surface area contributed by atoms with Crippen LogP contribution in [0.2, 0.25) is 0 Å². The SMILES string of the molecule is CC(C1CCN(C(=O)c2ccc(=O)[nH]c2)CC1)N1CCN(C)CC1. The topological polar surface area (TPSA) is 59.7 Å². The van der Waals surface area contributed by atoms with Gasteiger partial charge >= 0.3 is 0 Å². The summed E-state index contributed by atoms with van der Waals surface area (Å²) in [4.78, 5) is 33.1. The van der Waals surface area contributed by atoms with Crippen molar-refractivity contribution in [2.45, 2.75) is 25.8 Å². The summed E-state index contributed by atoms with van der Waals surface area (Å²) < 4.78 is 0. The quantitative estimate of drug-likeness (QED) is 0.892. The lowest BCUT2D eigenvalue weighted by molar-refractivity contribution is 0.0500. The minimum Gasteiger partial charge on any atom is -0.339 e. The highest BCUT2D eigenvalue weighted by molar-refractivity contribution is 5.93. The molecule has 6 heteroatoms. The number of carbonyl (C=O) groups excluding carboxylic acids is 1. The molecule has 1 atom stereocenters. The third kappa shape index (κ3) is 3.87. The van der Waals surface area contributed by atoms with E-state index >= 15 is 0 Å². The van der Waals surface area contributed by atoms with Crippen molar-refractivity contribution in [2.24, 2.45) is 5.92 Å². The van der Waals surface area contributed by atoms with E-state index in [1.54, 1.807) is 6.07 Å². The van der Waals surface area contributed by atoms with Crippen LogP contribution in [-0.4, -0.2) is 77.9 Å². The first-order chi connectivity index (χ1) is 11.5. The Labute approximate surface area is 143 Å². The zero-order valence-electron chi connectivity index (χ0n) is 14.7. The largest absolute Gasteiger partial charge is 0.339 e. The second-order valence-electron chi connectivity index (χ2n) is 7.15. The summed E-state index contributed by atoms with van der Waals surface area (Å²) in [5.74, 6) is 0.685. The smallest absolute Gasteiger partial charge is 0.255 e. The van der Waals surface area contributed by atoms with Gasteiger partial charge in [0, 0.05) is 57.6 Å². The molecule has 0 spiro atoms. The first-order valence-corrected chi connectivity index (χ1v) is 8.95. The second-order valence-corrected chi connectivity index (χ2v) is 7.15. The normalized spacial score (nSPS) is 22.5. The standard InChI is InChI=1S/C18H28N4O2/c1-14(21-11-9-20(2)10-12-21)15-5-7-22(8-6-15)18(24)16-3-4-17(23)19-13-16/h3-4,13-15H,5-12H2,1-2H3,(H,19,23). The van der Waals surface area contributed by atoms with Crippen LogP contribution in [0.25, 0.3) is 0 Å². The van der Waals surface area contributed by atoms with Gasteiger partial charge in [-0.15, -0.1) is 0 Å². The maximum atomic E-state index is 12.5. The number of piperidine rings is 1. The maximum Gasteiger partial charge on any atom is 0.255 e. The lowest BCUT2D eigenvalue weighted by atomic mass is 9.89. The summed E-state index contributed by atoms with van der Waals surface area (Å²) >= 11 is 0. The highest BCUT2D eigenvalue weighted by atomic mass is 16.2. The number of piperazine rings is 1. The van der Waals surface area contributed by atoms with Crippen molar-refractivity contribution in [2.75, 3.05) is 46.3 Å². The van der Waals surface area contributed by atoms with Gasteiger partial charge in [0.2, 0.25) is 5.56 Å². The van der Waals surface area contributed by atoms with Gasteiger partial charge in [-0.2, -0.15) is 0 Å². The van der Waals surface area contributed by atoms with Crippen molar-refractivity contribution in [1.29, 1.82) is 0 Å². The first-order valence-electron chi connectivity index (χ1n) is 8.95. The van der Waals surface area contributed by atoms with E-state index in [0.717, 1.165) is 52.1 Å². The predicted molar refractivity (Wildman–Crippen MR) is 94.2 cm³/mol. The number of nitrogens with zero attached hydrogens (tertiary/aromatic N) is 3. The Kier molecular flexibility index (Phi) is 5.36. The third-order valence-corrected chi connectivity index (χ3v) is 5.65. The van der Waals surface area contributed by atoms with Gasteiger partial charge in [0.05, 0.1) is 5.56 Å². The number of carbonyl (C=O) groups is 1. The lowest BCUT2D eigenvalue weighted by Gasteiger charge is -2.42. The van der Waals surface area contributed by atoms with Crippen molar-refractivity contribution >= 4 is 5.91 Å². The molecule has 3 heterocycles. The number of likely N-dealkylation sites (tertiary alicyclic amines) is 1. The third-order valence-electron chi connectivity index (χ3n) is 5.65. The van der Waals surface area contributed by atoms with Crippen LogP contribution in [0.5, 0.6) is 0 Å². The molecule has 0 aromatic carbocycles. The summed E-state index contributed by atoms with van der Waals surface area (Å²) in [7, 11) is 2.18. The van der Waals surface area contributed by atoms with E-state index in [1.807, 2.05) is 4.90 Å². The summed E-state index contributed by atoms with van der Waals surface area (Å²) in [6.45, 7) is 8.54. The molecule has 132 valence electrons. The maximum absolute atomic E-state index is 12.5. The molecule has 1 aromatic heterocycles. The molecule has 0 saturated carbocycles. The zero-order chi connectivity index (χ0) is 17.1. The fourth-order valence-electron chi connectivity index (χ4n) is 3.84. The van der Waals surface area contributed by atoms with Crippen molar-refractivity contribution in [3.63, 3.8) is 0 Å². The molecular weight excluding hydrogens is 304 g/mol. The van der Waals surface area contributed by atoms with E-state index < -0.39 is 0 Å². The predicted octanol–water partition coefficient (Wildman–Crippen LogP) is 0.863. The number of H-pyrrole nitrogens is 1. The number of rotatable bonds is 3. The molecule has 0 aliphatic carbocycles. The summed E-state index contributed by atoms with van der Waals surface area (Å²) in [5.41, 5.74) is 0.395. The Hall–Kier alpha value is -1.66. The number of amides is 1. The molecular formula is C18H28N4O2. The Morgan fingerprint density at radius 3 is 2.38 bits per heavy atom. The molecule has 0 bridgehead atoms. The first kappa shape index (κ1) is 17.2. The van der Waals surface area contributed by atoms with Crippen molar-refractivity contribution in [3.05, 3.63) is 34.2 Å². The highest BCUT2D eigenvalue weighted by Gasteiger charge is 2.30. The number of nitrogens with one attached hydrogen (secondary N) is 1. The second kappa shape index (κ2) is 7.49. The van der Waals surface area contributed by atoms with E-state index in [0.29, 0.717) is 17.5 Å². The van der Waals surface area contributed by atoms with Crippen LogP contribution in [0.15, 0.2) is 23.1 Å². The highest BCUT2D eigenvalue weighted by Crippen LogP contribution is 2.25. The van der Waals surface area contributed by atoms with Crippen LogP contribution < -0.4 is 5.56 Å². The minimum atomic E-state index is -0.175. The Bertz CT molecular complexity index is 593. The molecule has 1 N–H and O–H groups in total. The van der Waals surface area contributed by atoms with Crippen LogP contribution in [-0.2, 0) is 0 Å². The number of pyridine rings is 1. The summed E-state index contributed by atoms with van der Waals surface area (Å²) in [6.07, 6.45) is 3.63. The van der Waals surface area contributed by atoms with Crippen molar-refractivity contribution in [3.8, 4) is 0 Å². The molecule has 3 rings (SSSR count). The number of likely N-dealkylation sites (N-methyl/N-ethyl adjacent to an activating group) is 1. The average molecular weight is 332 g/mol. The average Bonchev–Trinajstić information content (AvgIpc) is 2.62. The van der Waals surface area contributed by atoms with Crippen molar-refractivity contribution < 1.29 is 4.79 Å². The van der Waals surface area contributed by atoms with Gasteiger partial charge < -0.3 is 14.8 Å². The fraction of sp³-hybridized carbons (Fsp3) is 0.667. The molecule has 2 fully saturated rings. The monoisotopic (exact) mass is 332 g/mol. The zero-order valence-corrected chi connectivity index (χ0v) is 14.7. The van der Waals surface area contributed by atoms with E-state index in [4.69, 9.17) is 0 Å². The Balaban J connectivity index is 1.52. The van der Waals surface area contributed by atoms with Crippen LogP contribution >= 0.6 is 0 Å². The molecule has 2 aliphatic rings. The number of hydrogen-bond acceptors (Lipinski definition) is 4. The minimum absolute atomic E-state index is 0.0250. The Morgan fingerprint density at radius 2 is 1.79 bits per heavy atom. The van der Waals surface area contributed by atoms with E-state index in [-0.39, 0.29) is 11.5 Å². The van der Waals surface area contributed by atoms with E-state index in [2.05, 4.69) is 28.8 Å². The molecule has 6 nitrogen and oxygen atoms in total. The Morgan fingerprint density at radius 1 is 1.12 bits per heavy atom. The van der Waals surface area contributed by atoms with Crippen LogP contribution in [0.4, 0.5) is 0 Å². The summed E-state index contributed by atoms with van der Waals surface area (Å²) in [6, 6.07) is 3.61. The molecule has 1 unspecified atom stereocenters. The van der Waals surface area contributed by atoms with Crippen LogP contribution in [0.1, 0.15) is 30.1 Å². The summed E-state index contributed by atoms with van der Waals surface area (Å²) in [5, 5.41) is 0. The van der Waals surface area contributed by atoms with Gasteiger partial charge in [0.25, 0.3) is 5.91 Å². The number of hydrogen-bond donors (Lipinski definition) is 1.